The van der Waals surface area contributed by atoms with Gasteiger partial charge in [-0.1, -0.05) is 43.3 Å². The van der Waals surface area contributed by atoms with E-state index in [2.05, 4.69) is 0 Å². The van der Waals surface area contributed by atoms with Crippen LogP contribution in [0.3, 0.4) is 0 Å². The van der Waals surface area contributed by atoms with E-state index in [-0.39, 0.29) is 36.3 Å². The highest BCUT2D eigenvalue weighted by Crippen LogP contribution is 2.36. The molecule has 0 bridgehead atoms. The summed E-state index contributed by atoms with van der Waals surface area (Å²) in [5, 5.41) is 9.70. The lowest BCUT2D eigenvalue weighted by Gasteiger charge is -2.37. The van der Waals surface area contributed by atoms with Crippen LogP contribution < -0.4 is 4.74 Å². The molecule has 176 valence electrons. The Kier molecular flexibility index (Phi) is 7.31. The van der Waals surface area contributed by atoms with Gasteiger partial charge in [-0.25, -0.2) is 21.1 Å². The molecule has 10 heteroatoms. The minimum Gasteiger partial charge on any atom is -0.487 e. The summed E-state index contributed by atoms with van der Waals surface area (Å²) < 4.78 is 59.7. The first-order valence-corrected chi connectivity index (χ1v) is 13.6. The van der Waals surface area contributed by atoms with Crippen LogP contribution in [0, 0.1) is 5.92 Å². The smallest absolute Gasteiger partial charge is 0.247 e. The summed E-state index contributed by atoms with van der Waals surface area (Å²) >= 11 is 0. The van der Waals surface area contributed by atoms with Gasteiger partial charge in [-0.3, -0.25) is 0 Å². The maximum atomic E-state index is 13.5. The second-order valence-electron chi connectivity index (χ2n) is 8.31. The van der Waals surface area contributed by atoms with Crippen molar-refractivity contribution in [2.75, 3.05) is 33.0 Å². The molecule has 0 fully saturated rings. The summed E-state index contributed by atoms with van der Waals surface area (Å²) in [6.07, 6.45) is 0.524. The maximum absolute atomic E-state index is 13.5. The molecule has 0 spiro atoms. The van der Waals surface area contributed by atoms with E-state index < -0.39 is 32.2 Å². The molecule has 0 saturated heterocycles. The molecule has 3 atom stereocenters. The highest BCUT2D eigenvalue weighted by atomic mass is 32.2. The van der Waals surface area contributed by atoms with Crippen molar-refractivity contribution in [3.8, 4) is 16.9 Å². The highest BCUT2D eigenvalue weighted by Gasteiger charge is 2.38. The molecule has 1 N–H and O–H groups in total. The van der Waals surface area contributed by atoms with Gasteiger partial charge in [0.15, 0.2) is 0 Å². The number of benzene rings is 2. The summed E-state index contributed by atoms with van der Waals surface area (Å²) in [5.74, 6) is -0.170. The van der Waals surface area contributed by atoms with Crippen LogP contribution in [0.25, 0.3) is 11.1 Å². The SMILES string of the molecule is C[C@H]1CN([C@@H](C)CO)S(=O)(=O)c2ccc(-c3ccccc3)cc2O[C@@H]1CN(C)S(C)(=O)=O. The number of nitrogens with zero attached hydrogens (tertiary/aromatic N) is 2. The minimum absolute atomic E-state index is 0.00334. The minimum atomic E-state index is -3.95. The molecule has 1 heterocycles. The van der Waals surface area contributed by atoms with Gasteiger partial charge in [-0.15, -0.1) is 0 Å². The van der Waals surface area contributed by atoms with Gasteiger partial charge in [-0.2, -0.15) is 4.31 Å². The van der Waals surface area contributed by atoms with E-state index in [1.807, 2.05) is 37.3 Å². The van der Waals surface area contributed by atoms with Crippen LogP contribution in [-0.4, -0.2) is 75.7 Å². The van der Waals surface area contributed by atoms with Crippen LogP contribution >= 0.6 is 0 Å². The van der Waals surface area contributed by atoms with Crippen LogP contribution in [0.2, 0.25) is 0 Å². The fourth-order valence-electron chi connectivity index (χ4n) is 3.64. The quantitative estimate of drug-likeness (QED) is 0.676. The number of sulfonamides is 2. The zero-order chi connectivity index (χ0) is 23.7. The summed E-state index contributed by atoms with van der Waals surface area (Å²) in [7, 11) is -5.93. The molecule has 0 aliphatic carbocycles. The molecule has 2 aromatic rings. The van der Waals surface area contributed by atoms with E-state index in [0.29, 0.717) is 0 Å². The Balaban J connectivity index is 2.14. The van der Waals surface area contributed by atoms with Gasteiger partial charge in [0.25, 0.3) is 0 Å². The lowest BCUT2D eigenvalue weighted by Crippen LogP contribution is -2.50. The highest BCUT2D eigenvalue weighted by molar-refractivity contribution is 7.89. The van der Waals surface area contributed by atoms with Crippen LogP contribution in [0.5, 0.6) is 5.75 Å². The van der Waals surface area contributed by atoms with Crippen LogP contribution in [0.15, 0.2) is 53.4 Å². The van der Waals surface area contributed by atoms with Gasteiger partial charge in [0.2, 0.25) is 20.0 Å². The van der Waals surface area contributed by atoms with Crippen molar-refractivity contribution in [3.63, 3.8) is 0 Å². The second kappa shape index (κ2) is 9.48. The number of fused-ring (bicyclic) bond motifs is 1. The number of hydrogen-bond donors (Lipinski definition) is 1. The van der Waals surface area contributed by atoms with Crippen molar-refractivity contribution in [1.82, 2.24) is 8.61 Å². The predicted octanol–water partition coefficient (Wildman–Crippen LogP) is 2.01. The summed E-state index contributed by atoms with van der Waals surface area (Å²) in [6.45, 7) is 3.28. The number of likely N-dealkylation sites (N-methyl/N-ethyl adjacent to an activating group) is 1. The number of aliphatic hydroxyl groups is 1. The van der Waals surface area contributed by atoms with Gasteiger partial charge in [0, 0.05) is 25.6 Å². The van der Waals surface area contributed by atoms with E-state index in [0.717, 1.165) is 17.4 Å². The molecule has 3 rings (SSSR count). The molecule has 32 heavy (non-hydrogen) atoms. The lowest BCUT2D eigenvalue weighted by molar-refractivity contribution is 0.0906. The number of aliphatic hydroxyl groups excluding tert-OH is 1. The number of rotatable bonds is 6. The predicted molar refractivity (Wildman–Crippen MR) is 123 cm³/mol. The fraction of sp³-hybridized carbons (Fsp3) is 0.455. The van der Waals surface area contributed by atoms with E-state index in [1.165, 1.54) is 21.7 Å². The standard InChI is InChI=1S/C22H30N2O6S2/c1-16-13-24(17(2)15-25)32(28,29)22-11-10-19(18-8-6-5-7-9-18)12-20(22)30-21(16)14-23(3)31(4,26)27/h5-12,16-17,21,25H,13-15H2,1-4H3/t16-,17-,21+/m0/s1. The molecule has 2 aromatic carbocycles. The molecule has 0 unspecified atom stereocenters. The van der Waals surface area contributed by atoms with Crippen molar-refractivity contribution >= 4 is 20.0 Å². The Hall–Kier alpha value is -1.98. The monoisotopic (exact) mass is 482 g/mol. The zero-order valence-corrected chi connectivity index (χ0v) is 20.3. The topological polar surface area (TPSA) is 104 Å². The average Bonchev–Trinajstić information content (AvgIpc) is 2.75. The van der Waals surface area contributed by atoms with Gasteiger partial charge in [0.1, 0.15) is 16.7 Å². The van der Waals surface area contributed by atoms with Crippen molar-refractivity contribution in [3.05, 3.63) is 48.5 Å². The number of hydrogen-bond acceptors (Lipinski definition) is 6. The Morgan fingerprint density at radius 2 is 1.84 bits per heavy atom. The van der Waals surface area contributed by atoms with E-state index in [4.69, 9.17) is 4.74 Å². The van der Waals surface area contributed by atoms with Crippen LogP contribution in [0.1, 0.15) is 13.8 Å². The average molecular weight is 483 g/mol. The van der Waals surface area contributed by atoms with Gasteiger partial charge in [-0.05, 0) is 30.2 Å². The molecule has 1 aliphatic heterocycles. The van der Waals surface area contributed by atoms with Gasteiger partial charge < -0.3 is 9.84 Å². The van der Waals surface area contributed by atoms with E-state index >= 15 is 0 Å². The van der Waals surface area contributed by atoms with Crippen molar-refractivity contribution in [2.45, 2.75) is 30.9 Å². The first kappa shape index (κ1) is 24.7. The van der Waals surface area contributed by atoms with E-state index in [1.54, 1.807) is 19.1 Å². The molecular weight excluding hydrogens is 452 g/mol. The Morgan fingerprint density at radius 3 is 2.44 bits per heavy atom. The lowest BCUT2D eigenvalue weighted by atomic mass is 10.0. The molecular formula is C22H30N2O6S2. The normalized spacial score (nSPS) is 22.4. The third kappa shape index (κ3) is 5.15. The van der Waals surface area contributed by atoms with Crippen molar-refractivity contribution in [2.24, 2.45) is 5.92 Å². The van der Waals surface area contributed by atoms with Crippen LogP contribution in [-0.2, 0) is 20.0 Å². The third-order valence-electron chi connectivity index (χ3n) is 5.78. The summed E-state index contributed by atoms with van der Waals surface area (Å²) in [4.78, 5) is -0.00334. The Bertz CT molecular complexity index is 1150. The Labute approximate surface area is 190 Å². The fourth-order valence-corrected chi connectivity index (χ4v) is 5.89. The third-order valence-corrected chi connectivity index (χ3v) is 9.08. The molecule has 0 radical (unpaired) electrons. The van der Waals surface area contributed by atoms with Crippen LogP contribution in [0.4, 0.5) is 0 Å². The van der Waals surface area contributed by atoms with Crippen molar-refractivity contribution < 1.29 is 26.7 Å². The van der Waals surface area contributed by atoms with E-state index in [9.17, 15) is 21.9 Å². The second-order valence-corrected chi connectivity index (χ2v) is 12.3. The largest absolute Gasteiger partial charge is 0.487 e. The molecule has 0 amide bonds. The summed E-state index contributed by atoms with van der Waals surface area (Å²) in [6, 6.07) is 13.8. The Morgan fingerprint density at radius 1 is 1.19 bits per heavy atom. The molecule has 0 saturated carbocycles. The number of ether oxygens (including phenoxy) is 1. The van der Waals surface area contributed by atoms with Gasteiger partial charge in [0.05, 0.1) is 19.4 Å². The molecule has 8 nitrogen and oxygen atoms in total. The summed E-state index contributed by atoms with van der Waals surface area (Å²) in [5.41, 5.74) is 1.68. The maximum Gasteiger partial charge on any atom is 0.247 e. The first-order chi connectivity index (χ1) is 14.9. The van der Waals surface area contributed by atoms with Gasteiger partial charge >= 0.3 is 0 Å². The zero-order valence-electron chi connectivity index (χ0n) is 18.7. The molecule has 0 aromatic heterocycles. The van der Waals surface area contributed by atoms with Crippen molar-refractivity contribution in [1.29, 1.82) is 0 Å². The molecule has 1 aliphatic rings. The first-order valence-electron chi connectivity index (χ1n) is 10.3.